The molecule has 41 heavy (non-hydrogen) atoms. The van der Waals surface area contributed by atoms with E-state index in [0.717, 1.165) is 10.8 Å². The van der Waals surface area contributed by atoms with Gasteiger partial charge in [-0.3, -0.25) is 0 Å². The number of nitriles is 1. The number of fused-ring (bicyclic) bond motifs is 1. The molecule has 1 aliphatic heterocycles. The Kier molecular flexibility index (Phi) is 8.70. The van der Waals surface area contributed by atoms with Gasteiger partial charge in [0, 0.05) is 25.9 Å². The highest BCUT2D eigenvalue weighted by Gasteiger charge is 2.28. The molecule has 3 N–H and O–H groups in total. The maximum Gasteiger partial charge on any atom is 0.424 e. The summed E-state index contributed by atoms with van der Waals surface area (Å²) >= 11 is 0. The maximum absolute atomic E-state index is 12.4. The molecule has 2 amide bonds. The van der Waals surface area contributed by atoms with E-state index in [0.29, 0.717) is 48.4 Å². The van der Waals surface area contributed by atoms with Gasteiger partial charge in [-0.1, -0.05) is 30.3 Å². The number of nitrogens with zero attached hydrogens (tertiary/aromatic N) is 2. The fraction of sp³-hybridized carbons (Fsp3) is 0.345. The van der Waals surface area contributed by atoms with Crippen LogP contribution in [0.15, 0.2) is 60.7 Å². The lowest BCUT2D eigenvalue weighted by Crippen LogP contribution is -2.44. The molecule has 11 nitrogen and oxygen atoms in total. The summed E-state index contributed by atoms with van der Waals surface area (Å²) in [6.45, 7) is 6.53. The van der Waals surface area contributed by atoms with Gasteiger partial charge >= 0.3 is 22.5 Å². The summed E-state index contributed by atoms with van der Waals surface area (Å²) in [6, 6.07) is 19.0. The van der Waals surface area contributed by atoms with E-state index in [9.17, 15) is 23.3 Å². The standard InChI is InChI=1S/C29H32N4O7S/c1-29(2,3)39-28(35)33-14-12-25(13-15-33)38-24-10-8-21(9-11-24)26(32-27(34)40-41(31,36)37)22-7-6-20-5-4-19(18-30)16-23(20)17-22/h4-11,16-17,25-26H,12-15H2,1-3H3,(H,32,34)(H2,31,36,37). The van der Waals surface area contributed by atoms with Crippen molar-refractivity contribution < 1.29 is 31.7 Å². The molecule has 0 aromatic heterocycles. The van der Waals surface area contributed by atoms with Crippen LogP contribution in [-0.4, -0.2) is 50.3 Å². The Morgan fingerprint density at radius 1 is 1.00 bits per heavy atom. The molecule has 0 radical (unpaired) electrons. The number of rotatable bonds is 6. The smallest absolute Gasteiger partial charge is 0.424 e. The minimum absolute atomic E-state index is 0.0898. The van der Waals surface area contributed by atoms with Gasteiger partial charge in [-0.2, -0.15) is 18.8 Å². The number of benzene rings is 3. The van der Waals surface area contributed by atoms with Gasteiger partial charge in [-0.05, 0) is 73.0 Å². The number of carbonyl (C=O) groups excluding carboxylic acids is 2. The average molecular weight is 581 g/mol. The fourth-order valence-corrected chi connectivity index (χ4v) is 4.79. The predicted octanol–water partition coefficient (Wildman–Crippen LogP) is 4.51. The van der Waals surface area contributed by atoms with Crippen molar-refractivity contribution in [2.75, 3.05) is 13.1 Å². The molecule has 0 bridgehead atoms. The van der Waals surface area contributed by atoms with Crippen LogP contribution in [0.25, 0.3) is 10.8 Å². The Bertz CT molecular complexity index is 1570. The molecular weight excluding hydrogens is 548 g/mol. The third kappa shape index (κ3) is 8.33. The third-order valence-electron chi connectivity index (χ3n) is 6.39. The number of nitrogens with one attached hydrogen (secondary N) is 1. The van der Waals surface area contributed by atoms with Gasteiger partial charge in [0.15, 0.2) is 0 Å². The van der Waals surface area contributed by atoms with Crippen LogP contribution < -0.4 is 15.2 Å². The molecule has 1 saturated heterocycles. The van der Waals surface area contributed by atoms with Crippen LogP contribution in [0.5, 0.6) is 5.75 Å². The molecule has 4 rings (SSSR count). The van der Waals surface area contributed by atoms with Crippen molar-refractivity contribution >= 4 is 33.3 Å². The van der Waals surface area contributed by atoms with Crippen LogP contribution in [0, 0.1) is 11.3 Å². The van der Waals surface area contributed by atoms with Crippen LogP contribution in [0.3, 0.4) is 0 Å². The van der Waals surface area contributed by atoms with E-state index >= 15 is 0 Å². The minimum Gasteiger partial charge on any atom is -0.490 e. The first kappa shape index (κ1) is 29.6. The Morgan fingerprint density at radius 3 is 2.24 bits per heavy atom. The molecular formula is C29H32N4O7S. The van der Waals surface area contributed by atoms with Crippen molar-refractivity contribution in [1.82, 2.24) is 10.2 Å². The van der Waals surface area contributed by atoms with Gasteiger partial charge in [0.05, 0.1) is 17.7 Å². The first-order valence-corrected chi connectivity index (χ1v) is 14.5. The molecule has 1 atom stereocenters. The minimum atomic E-state index is -4.52. The number of ether oxygens (including phenoxy) is 2. The second-order valence-electron chi connectivity index (χ2n) is 10.7. The molecule has 0 aliphatic carbocycles. The van der Waals surface area contributed by atoms with Crippen molar-refractivity contribution in [1.29, 1.82) is 5.26 Å². The van der Waals surface area contributed by atoms with Gasteiger partial charge in [0.2, 0.25) is 0 Å². The van der Waals surface area contributed by atoms with E-state index in [2.05, 4.69) is 15.6 Å². The highest BCUT2D eigenvalue weighted by atomic mass is 32.2. The van der Waals surface area contributed by atoms with Crippen molar-refractivity contribution in [2.24, 2.45) is 5.14 Å². The fourth-order valence-electron chi connectivity index (χ4n) is 4.53. The second-order valence-corrected chi connectivity index (χ2v) is 11.9. The Balaban J connectivity index is 1.50. The molecule has 1 heterocycles. The molecule has 0 saturated carbocycles. The lowest BCUT2D eigenvalue weighted by molar-refractivity contribution is 0.0126. The average Bonchev–Trinajstić information content (AvgIpc) is 2.90. The highest BCUT2D eigenvalue weighted by Crippen LogP contribution is 2.29. The molecule has 3 aromatic rings. The summed E-state index contributed by atoms with van der Waals surface area (Å²) in [6.07, 6.45) is -0.371. The number of hydrogen-bond donors (Lipinski definition) is 2. The summed E-state index contributed by atoms with van der Waals surface area (Å²) < 4.78 is 38.5. The molecule has 216 valence electrons. The first-order chi connectivity index (χ1) is 19.3. The molecule has 1 unspecified atom stereocenters. The van der Waals surface area contributed by atoms with Gasteiger partial charge in [0.25, 0.3) is 0 Å². The molecule has 3 aromatic carbocycles. The van der Waals surface area contributed by atoms with Crippen LogP contribution in [0.2, 0.25) is 0 Å². The van der Waals surface area contributed by atoms with Crippen LogP contribution in [0.1, 0.15) is 56.3 Å². The number of piperidine rings is 1. The van der Waals surface area contributed by atoms with E-state index in [1.807, 2.05) is 32.9 Å². The first-order valence-electron chi connectivity index (χ1n) is 13.0. The summed E-state index contributed by atoms with van der Waals surface area (Å²) in [7, 11) is -4.52. The van der Waals surface area contributed by atoms with E-state index in [1.165, 1.54) is 0 Å². The van der Waals surface area contributed by atoms with Crippen LogP contribution >= 0.6 is 0 Å². The predicted molar refractivity (Wildman–Crippen MR) is 151 cm³/mol. The molecule has 0 spiro atoms. The Morgan fingerprint density at radius 2 is 1.63 bits per heavy atom. The summed E-state index contributed by atoms with van der Waals surface area (Å²) in [4.78, 5) is 26.4. The number of likely N-dealkylation sites (tertiary alicyclic amines) is 1. The zero-order valence-corrected chi connectivity index (χ0v) is 23.8. The van der Waals surface area contributed by atoms with Gasteiger partial charge < -0.3 is 23.9 Å². The lowest BCUT2D eigenvalue weighted by Gasteiger charge is -2.33. The third-order valence-corrected chi connectivity index (χ3v) is 6.77. The quantitative estimate of drug-likeness (QED) is 0.430. The summed E-state index contributed by atoms with van der Waals surface area (Å²) in [5, 5.41) is 18.4. The zero-order valence-electron chi connectivity index (χ0n) is 23.0. The monoisotopic (exact) mass is 580 g/mol. The van der Waals surface area contributed by atoms with E-state index in [4.69, 9.17) is 14.6 Å². The summed E-state index contributed by atoms with van der Waals surface area (Å²) in [5.41, 5.74) is 1.17. The Hall–Kier alpha value is -4.34. The van der Waals surface area contributed by atoms with Crippen molar-refractivity contribution in [3.05, 3.63) is 77.4 Å². The maximum atomic E-state index is 12.4. The highest BCUT2D eigenvalue weighted by molar-refractivity contribution is 7.84. The van der Waals surface area contributed by atoms with Crippen LogP contribution in [-0.2, 0) is 19.2 Å². The van der Waals surface area contributed by atoms with E-state index < -0.39 is 28.0 Å². The Labute approximate surface area is 239 Å². The number of nitrogens with two attached hydrogens (primary N) is 1. The molecule has 1 aliphatic rings. The normalized spacial score (nSPS) is 15.0. The SMILES string of the molecule is CC(C)(C)OC(=O)N1CCC(Oc2ccc(C(NC(=O)OS(N)(=O)=O)c3ccc4ccc(C#N)cc4c3)cc2)CC1. The second kappa shape index (κ2) is 12.0. The number of amides is 2. The number of carbonyl (C=O) groups is 2. The summed E-state index contributed by atoms with van der Waals surface area (Å²) in [5.74, 6) is 0.604. The van der Waals surface area contributed by atoms with Crippen molar-refractivity contribution in [2.45, 2.75) is 51.4 Å². The van der Waals surface area contributed by atoms with Gasteiger partial charge in [-0.15, -0.1) is 0 Å². The van der Waals surface area contributed by atoms with E-state index in [1.54, 1.807) is 53.4 Å². The number of hydrogen-bond acceptors (Lipinski definition) is 8. The van der Waals surface area contributed by atoms with Gasteiger partial charge in [-0.25, -0.2) is 9.59 Å². The van der Waals surface area contributed by atoms with Crippen LogP contribution in [0.4, 0.5) is 9.59 Å². The van der Waals surface area contributed by atoms with Gasteiger partial charge in [0.1, 0.15) is 17.5 Å². The zero-order chi connectivity index (χ0) is 29.8. The van der Waals surface area contributed by atoms with E-state index in [-0.39, 0.29) is 12.2 Å². The largest absolute Gasteiger partial charge is 0.490 e. The molecule has 12 heteroatoms. The molecule has 1 fully saturated rings. The van der Waals surface area contributed by atoms with Crippen molar-refractivity contribution in [3.8, 4) is 11.8 Å². The topological polar surface area (TPSA) is 161 Å². The lowest BCUT2D eigenvalue weighted by atomic mass is 9.95. The van der Waals surface area contributed by atoms with Crippen molar-refractivity contribution in [3.63, 3.8) is 0 Å².